The second-order valence-corrected chi connectivity index (χ2v) is 9.20. The van der Waals surface area contributed by atoms with E-state index in [1.54, 1.807) is 13.0 Å². The molecule has 0 N–H and O–H groups in total. The summed E-state index contributed by atoms with van der Waals surface area (Å²) in [6.45, 7) is 2.70. The van der Waals surface area contributed by atoms with Gasteiger partial charge in [-0.3, -0.25) is 10.1 Å². The summed E-state index contributed by atoms with van der Waals surface area (Å²) in [5.74, 6) is 0.816. The average molecular weight is 452 g/mol. The zero-order valence-corrected chi connectivity index (χ0v) is 17.3. The Labute approximate surface area is 175 Å². The van der Waals surface area contributed by atoms with E-state index in [1.807, 2.05) is 0 Å². The van der Waals surface area contributed by atoms with Crippen LogP contribution in [0.4, 0.5) is 5.69 Å². The SMILES string of the molecule is Cc1occc1-c1nnc(Sc2ccc(S(=O)(=O)N3CCOCC3)cc2[N+](=O)[O-])o1. The van der Waals surface area contributed by atoms with E-state index in [-0.39, 0.29) is 52.9 Å². The van der Waals surface area contributed by atoms with Crippen molar-refractivity contribution in [2.75, 3.05) is 26.3 Å². The Morgan fingerprint density at radius 1 is 1.20 bits per heavy atom. The van der Waals surface area contributed by atoms with Crippen LogP contribution >= 0.6 is 11.8 Å². The molecule has 1 aromatic carbocycles. The number of furan rings is 1. The van der Waals surface area contributed by atoms with Crippen LogP contribution in [0.15, 0.2) is 54.4 Å². The number of nitrogens with zero attached hydrogens (tertiary/aromatic N) is 4. The van der Waals surface area contributed by atoms with Gasteiger partial charge in [0.15, 0.2) is 0 Å². The van der Waals surface area contributed by atoms with Crippen molar-refractivity contribution in [1.29, 1.82) is 0 Å². The van der Waals surface area contributed by atoms with Crippen molar-refractivity contribution in [2.45, 2.75) is 21.9 Å². The van der Waals surface area contributed by atoms with Gasteiger partial charge in [0.25, 0.3) is 16.8 Å². The van der Waals surface area contributed by atoms with Gasteiger partial charge in [-0.1, -0.05) is 0 Å². The van der Waals surface area contributed by atoms with Crippen LogP contribution in [-0.2, 0) is 14.8 Å². The molecule has 0 radical (unpaired) electrons. The van der Waals surface area contributed by atoms with E-state index >= 15 is 0 Å². The molecule has 1 aliphatic rings. The zero-order valence-electron chi connectivity index (χ0n) is 15.7. The maximum Gasteiger partial charge on any atom is 0.284 e. The molecule has 30 heavy (non-hydrogen) atoms. The van der Waals surface area contributed by atoms with Gasteiger partial charge in [-0.2, -0.15) is 4.31 Å². The fourth-order valence-electron chi connectivity index (χ4n) is 2.88. The number of rotatable bonds is 6. The summed E-state index contributed by atoms with van der Waals surface area (Å²) in [6.07, 6.45) is 1.49. The predicted molar refractivity (Wildman–Crippen MR) is 104 cm³/mol. The number of nitro groups is 1. The lowest BCUT2D eigenvalue weighted by Crippen LogP contribution is -2.40. The molecule has 3 heterocycles. The first-order chi connectivity index (χ1) is 14.4. The van der Waals surface area contributed by atoms with Crippen molar-refractivity contribution in [3.8, 4) is 11.5 Å². The van der Waals surface area contributed by atoms with Gasteiger partial charge in [-0.25, -0.2) is 8.42 Å². The fraction of sp³-hybridized carbons (Fsp3) is 0.294. The molecule has 13 heteroatoms. The maximum absolute atomic E-state index is 12.8. The highest BCUT2D eigenvalue weighted by Crippen LogP contribution is 2.37. The third-order valence-electron chi connectivity index (χ3n) is 4.43. The molecular weight excluding hydrogens is 436 g/mol. The third-order valence-corrected chi connectivity index (χ3v) is 7.23. The first-order valence-electron chi connectivity index (χ1n) is 8.78. The van der Waals surface area contributed by atoms with E-state index in [1.165, 1.54) is 22.7 Å². The zero-order chi connectivity index (χ0) is 21.3. The van der Waals surface area contributed by atoms with Crippen LogP contribution in [0.1, 0.15) is 5.76 Å². The van der Waals surface area contributed by atoms with E-state index in [2.05, 4.69) is 10.2 Å². The fourth-order valence-corrected chi connectivity index (χ4v) is 5.08. The normalized spacial score (nSPS) is 15.4. The number of sulfonamides is 1. The Hall–Kier alpha value is -2.74. The molecule has 1 fully saturated rings. The van der Waals surface area contributed by atoms with Crippen LogP contribution in [0, 0.1) is 17.0 Å². The largest absolute Gasteiger partial charge is 0.469 e. The number of hydrogen-bond acceptors (Lipinski definition) is 10. The number of benzene rings is 1. The van der Waals surface area contributed by atoms with Crippen LogP contribution in [0.3, 0.4) is 0 Å². The van der Waals surface area contributed by atoms with Crippen molar-refractivity contribution >= 4 is 27.5 Å². The maximum atomic E-state index is 12.8. The van der Waals surface area contributed by atoms with Crippen molar-refractivity contribution in [3.05, 3.63) is 46.4 Å². The Kier molecular flexibility index (Phi) is 5.60. The summed E-state index contributed by atoms with van der Waals surface area (Å²) >= 11 is 0.880. The van der Waals surface area contributed by atoms with E-state index in [4.69, 9.17) is 13.6 Å². The van der Waals surface area contributed by atoms with Gasteiger partial charge < -0.3 is 13.6 Å². The van der Waals surface area contributed by atoms with E-state index < -0.39 is 14.9 Å². The third kappa shape index (κ3) is 3.96. The van der Waals surface area contributed by atoms with Crippen LogP contribution in [0.2, 0.25) is 0 Å². The Balaban J connectivity index is 1.62. The number of ether oxygens (including phenoxy) is 1. The molecule has 0 unspecified atom stereocenters. The Bertz CT molecular complexity index is 1180. The molecule has 2 aromatic heterocycles. The smallest absolute Gasteiger partial charge is 0.284 e. The second kappa shape index (κ2) is 8.18. The number of aromatic nitrogens is 2. The number of aryl methyl sites for hydroxylation is 1. The molecule has 0 saturated carbocycles. The number of nitro benzene ring substituents is 1. The molecule has 0 amide bonds. The molecule has 1 saturated heterocycles. The van der Waals surface area contributed by atoms with Gasteiger partial charge in [0, 0.05) is 19.2 Å². The van der Waals surface area contributed by atoms with Crippen LogP contribution < -0.4 is 0 Å². The van der Waals surface area contributed by atoms with Crippen molar-refractivity contribution in [1.82, 2.24) is 14.5 Å². The van der Waals surface area contributed by atoms with Gasteiger partial charge >= 0.3 is 0 Å². The highest BCUT2D eigenvalue weighted by molar-refractivity contribution is 7.99. The molecule has 0 bridgehead atoms. The van der Waals surface area contributed by atoms with Gasteiger partial charge in [0.05, 0.1) is 39.8 Å². The van der Waals surface area contributed by atoms with E-state index in [0.717, 1.165) is 17.8 Å². The first kappa shape index (κ1) is 20.5. The summed E-state index contributed by atoms with van der Waals surface area (Å²) in [5, 5.41) is 19.5. The van der Waals surface area contributed by atoms with Crippen LogP contribution in [0.25, 0.3) is 11.5 Å². The molecule has 0 spiro atoms. The van der Waals surface area contributed by atoms with Crippen molar-refractivity contribution in [3.63, 3.8) is 0 Å². The molecule has 0 aliphatic carbocycles. The summed E-state index contributed by atoms with van der Waals surface area (Å²) in [6, 6.07) is 5.41. The predicted octanol–water partition coefficient (Wildman–Crippen LogP) is 2.72. The van der Waals surface area contributed by atoms with Gasteiger partial charge in [-0.05, 0) is 36.9 Å². The molecule has 158 valence electrons. The highest BCUT2D eigenvalue weighted by atomic mass is 32.2. The first-order valence-corrected chi connectivity index (χ1v) is 11.0. The molecule has 1 aliphatic heterocycles. The minimum atomic E-state index is -3.86. The van der Waals surface area contributed by atoms with Crippen LogP contribution in [0.5, 0.6) is 0 Å². The van der Waals surface area contributed by atoms with E-state index in [0.29, 0.717) is 11.3 Å². The summed E-state index contributed by atoms with van der Waals surface area (Å²) in [5.41, 5.74) is 0.254. The van der Waals surface area contributed by atoms with E-state index in [9.17, 15) is 18.5 Å². The number of morpholine rings is 1. The van der Waals surface area contributed by atoms with Crippen molar-refractivity contribution < 1.29 is 26.9 Å². The lowest BCUT2D eigenvalue weighted by atomic mass is 10.3. The second-order valence-electron chi connectivity index (χ2n) is 6.27. The highest BCUT2D eigenvalue weighted by Gasteiger charge is 2.29. The Morgan fingerprint density at radius 2 is 1.97 bits per heavy atom. The van der Waals surface area contributed by atoms with Gasteiger partial charge in [0.1, 0.15) is 5.76 Å². The quantitative estimate of drug-likeness (QED) is 0.404. The summed E-state index contributed by atoms with van der Waals surface area (Å²) < 4.78 is 42.8. The standard InChI is InChI=1S/C17H16N4O7S2/c1-11-13(4-7-27-11)16-18-19-17(28-16)29-15-3-2-12(10-14(15)21(22)23)30(24,25)20-5-8-26-9-6-20/h2-4,7,10H,5-6,8-9H2,1H3. The molecular formula is C17H16N4O7S2. The molecule has 3 aromatic rings. The molecule has 4 rings (SSSR count). The van der Waals surface area contributed by atoms with Gasteiger partial charge in [-0.15, -0.1) is 10.2 Å². The molecule has 0 atom stereocenters. The lowest BCUT2D eigenvalue weighted by Gasteiger charge is -2.26. The van der Waals surface area contributed by atoms with Gasteiger partial charge in [0.2, 0.25) is 10.0 Å². The monoisotopic (exact) mass is 452 g/mol. The Morgan fingerprint density at radius 3 is 2.63 bits per heavy atom. The average Bonchev–Trinajstić information content (AvgIpc) is 3.37. The topological polar surface area (TPSA) is 142 Å². The molecule has 11 nitrogen and oxygen atoms in total. The number of hydrogen-bond donors (Lipinski definition) is 0. The lowest BCUT2D eigenvalue weighted by molar-refractivity contribution is -0.388. The van der Waals surface area contributed by atoms with Crippen LogP contribution in [-0.4, -0.2) is 54.1 Å². The summed E-state index contributed by atoms with van der Waals surface area (Å²) in [4.78, 5) is 11.0. The minimum Gasteiger partial charge on any atom is -0.469 e. The summed E-state index contributed by atoms with van der Waals surface area (Å²) in [7, 11) is -3.86. The minimum absolute atomic E-state index is 0.0810. The van der Waals surface area contributed by atoms with Crippen molar-refractivity contribution in [2.24, 2.45) is 0 Å².